The molecule has 1 aromatic carbocycles. The van der Waals surface area contributed by atoms with E-state index in [2.05, 4.69) is 5.32 Å². The maximum absolute atomic E-state index is 12.3. The van der Waals surface area contributed by atoms with Gasteiger partial charge in [0.2, 0.25) is 0 Å². The molecule has 0 aromatic heterocycles. The van der Waals surface area contributed by atoms with E-state index in [-0.39, 0.29) is 12.6 Å². The van der Waals surface area contributed by atoms with E-state index < -0.39 is 12.0 Å². The number of hydrogen-bond donors (Lipinski definition) is 1. The number of rotatable bonds is 9. The van der Waals surface area contributed by atoms with Crippen LogP contribution in [0.2, 0.25) is 0 Å². The third-order valence-electron chi connectivity index (χ3n) is 3.15. The number of alkyl halides is 2. The highest BCUT2D eigenvalue weighted by molar-refractivity contribution is 6.18. The van der Waals surface area contributed by atoms with E-state index >= 15 is 0 Å². The van der Waals surface area contributed by atoms with Crippen LogP contribution in [0.3, 0.4) is 0 Å². The summed E-state index contributed by atoms with van der Waals surface area (Å²) in [7, 11) is 0. The Labute approximate surface area is 146 Å². The zero-order valence-electron chi connectivity index (χ0n) is 13.1. The lowest BCUT2D eigenvalue weighted by atomic mass is 10.1. The maximum atomic E-state index is 12.3. The molecule has 1 rings (SSSR count). The minimum absolute atomic E-state index is 0.257. The van der Waals surface area contributed by atoms with Gasteiger partial charge in [-0.3, -0.25) is 0 Å². The van der Waals surface area contributed by atoms with Gasteiger partial charge >= 0.3 is 12.0 Å². The summed E-state index contributed by atoms with van der Waals surface area (Å²) in [5, 5.41) is 2.71. The summed E-state index contributed by atoms with van der Waals surface area (Å²) >= 11 is 11.4. The summed E-state index contributed by atoms with van der Waals surface area (Å²) < 4.78 is 5.05. The van der Waals surface area contributed by atoms with Crippen LogP contribution in [-0.4, -0.2) is 54.4 Å². The van der Waals surface area contributed by atoms with E-state index in [1.807, 2.05) is 30.3 Å². The molecule has 2 amide bonds. The molecule has 23 heavy (non-hydrogen) atoms. The van der Waals surface area contributed by atoms with Crippen molar-refractivity contribution in [1.29, 1.82) is 0 Å². The number of carbonyl (C=O) groups excluding carboxylic acids is 2. The van der Waals surface area contributed by atoms with Crippen LogP contribution in [0.15, 0.2) is 30.3 Å². The van der Waals surface area contributed by atoms with Crippen molar-refractivity contribution in [3.8, 4) is 0 Å². The Morgan fingerprint density at radius 2 is 1.78 bits per heavy atom. The Kier molecular flexibility index (Phi) is 9.48. The van der Waals surface area contributed by atoms with Crippen molar-refractivity contribution in [3.05, 3.63) is 35.9 Å². The highest BCUT2D eigenvalue weighted by Gasteiger charge is 2.24. The van der Waals surface area contributed by atoms with Crippen LogP contribution in [0.25, 0.3) is 0 Å². The molecule has 0 saturated carbocycles. The first-order valence-corrected chi connectivity index (χ1v) is 8.57. The Balaban J connectivity index is 2.78. The number of halogens is 2. The monoisotopic (exact) mass is 360 g/mol. The molecule has 7 heteroatoms. The van der Waals surface area contributed by atoms with Crippen LogP contribution in [0, 0.1) is 0 Å². The average Bonchev–Trinajstić information content (AvgIpc) is 2.55. The minimum Gasteiger partial charge on any atom is -0.464 e. The molecular weight excluding hydrogens is 339 g/mol. The lowest BCUT2D eigenvalue weighted by molar-refractivity contribution is -0.145. The minimum atomic E-state index is -0.752. The van der Waals surface area contributed by atoms with Crippen LogP contribution in [-0.2, 0) is 16.0 Å². The number of nitrogens with zero attached hydrogens (tertiary/aromatic N) is 1. The van der Waals surface area contributed by atoms with Crippen molar-refractivity contribution in [2.75, 3.05) is 31.5 Å². The summed E-state index contributed by atoms with van der Waals surface area (Å²) in [5.74, 6) is 0.140. The average molecular weight is 361 g/mol. The van der Waals surface area contributed by atoms with Gasteiger partial charge in [-0.15, -0.1) is 23.2 Å². The van der Waals surface area contributed by atoms with Crippen molar-refractivity contribution in [2.45, 2.75) is 19.4 Å². The van der Waals surface area contributed by atoms with Gasteiger partial charge < -0.3 is 15.0 Å². The van der Waals surface area contributed by atoms with Crippen molar-refractivity contribution >= 4 is 35.2 Å². The molecule has 1 N–H and O–H groups in total. The summed E-state index contributed by atoms with van der Waals surface area (Å²) in [6, 6.07) is 8.32. The van der Waals surface area contributed by atoms with Gasteiger partial charge in [0.1, 0.15) is 6.04 Å². The van der Waals surface area contributed by atoms with Gasteiger partial charge in [0, 0.05) is 31.3 Å². The van der Waals surface area contributed by atoms with Crippen LogP contribution >= 0.6 is 23.2 Å². The number of benzene rings is 1. The van der Waals surface area contributed by atoms with Crippen LogP contribution < -0.4 is 5.32 Å². The van der Waals surface area contributed by atoms with Gasteiger partial charge in [0.15, 0.2) is 0 Å². The Morgan fingerprint density at radius 1 is 1.17 bits per heavy atom. The fraction of sp³-hybridized carbons (Fsp3) is 0.500. The molecule has 0 unspecified atom stereocenters. The molecule has 128 valence electrons. The summed E-state index contributed by atoms with van der Waals surface area (Å²) in [4.78, 5) is 25.9. The number of amides is 2. The Hall–Kier alpha value is -1.46. The van der Waals surface area contributed by atoms with E-state index in [1.165, 1.54) is 4.90 Å². The molecule has 0 aliphatic heterocycles. The zero-order chi connectivity index (χ0) is 17.1. The number of hydrogen-bond acceptors (Lipinski definition) is 3. The van der Waals surface area contributed by atoms with Gasteiger partial charge in [-0.25, -0.2) is 9.59 Å². The molecular formula is C16H22Cl2N2O3. The highest BCUT2D eigenvalue weighted by Crippen LogP contribution is 2.06. The van der Waals surface area contributed by atoms with Crippen molar-refractivity contribution in [3.63, 3.8) is 0 Å². The molecule has 0 aliphatic carbocycles. The normalized spacial score (nSPS) is 11.6. The molecule has 1 atom stereocenters. The van der Waals surface area contributed by atoms with E-state index in [0.717, 1.165) is 5.56 Å². The number of ether oxygens (including phenoxy) is 1. The van der Waals surface area contributed by atoms with Crippen LogP contribution in [0.1, 0.15) is 12.5 Å². The molecule has 0 bridgehead atoms. The van der Waals surface area contributed by atoms with Crippen LogP contribution in [0.5, 0.6) is 0 Å². The first-order valence-electron chi connectivity index (χ1n) is 7.50. The van der Waals surface area contributed by atoms with Gasteiger partial charge in [0.25, 0.3) is 0 Å². The Morgan fingerprint density at radius 3 is 2.30 bits per heavy atom. The quantitative estimate of drug-likeness (QED) is 0.543. The molecule has 0 fully saturated rings. The summed E-state index contributed by atoms with van der Waals surface area (Å²) in [6.07, 6.45) is 0.362. The summed E-state index contributed by atoms with van der Waals surface area (Å²) in [5.41, 5.74) is 0.937. The fourth-order valence-electron chi connectivity index (χ4n) is 2.05. The highest BCUT2D eigenvalue weighted by atomic mass is 35.5. The predicted molar refractivity (Wildman–Crippen MR) is 92.1 cm³/mol. The largest absolute Gasteiger partial charge is 0.464 e. The molecule has 0 spiro atoms. The second-order valence-electron chi connectivity index (χ2n) is 4.81. The zero-order valence-corrected chi connectivity index (χ0v) is 14.6. The lowest BCUT2D eigenvalue weighted by Crippen LogP contribution is -2.50. The second-order valence-corrected chi connectivity index (χ2v) is 5.56. The van der Waals surface area contributed by atoms with Crippen molar-refractivity contribution < 1.29 is 14.3 Å². The molecule has 0 saturated heterocycles. The molecule has 0 heterocycles. The predicted octanol–water partition coefficient (Wildman–Crippen LogP) is 2.65. The third-order valence-corrected chi connectivity index (χ3v) is 3.49. The van der Waals surface area contributed by atoms with Gasteiger partial charge in [-0.1, -0.05) is 30.3 Å². The first-order chi connectivity index (χ1) is 11.1. The molecule has 1 aromatic rings. The SMILES string of the molecule is CCOC(=O)[C@H](Cc1ccccc1)NC(=O)N(CCCl)CCCl. The Bertz CT molecular complexity index is 479. The van der Waals surface area contributed by atoms with Gasteiger partial charge in [0.05, 0.1) is 6.61 Å². The van der Waals surface area contributed by atoms with E-state index in [9.17, 15) is 9.59 Å². The van der Waals surface area contributed by atoms with E-state index in [1.54, 1.807) is 6.92 Å². The van der Waals surface area contributed by atoms with Crippen molar-refractivity contribution in [1.82, 2.24) is 10.2 Å². The van der Waals surface area contributed by atoms with Gasteiger partial charge in [-0.05, 0) is 12.5 Å². The van der Waals surface area contributed by atoms with E-state index in [4.69, 9.17) is 27.9 Å². The molecule has 5 nitrogen and oxygen atoms in total. The standard InChI is InChI=1S/C16H22Cl2N2O3/c1-2-23-15(21)14(12-13-6-4-3-5-7-13)19-16(22)20(10-8-17)11-9-18/h3-7,14H,2,8-12H2,1H3,(H,19,22)/t14-/m0/s1. The van der Waals surface area contributed by atoms with E-state index in [0.29, 0.717) is 31.3 Å². The number of carbonyl (C=O) groups is 2. The summed E-state index contributed by atoms with van der Waals surface area (Å²) in [6.45, 7) is 2.71. The topological polar surface area (TPSA) is 58.6 Å². The van der Waals surface area contributed by atoms with Crippen LogP contribution in [0.4, 0.5) is 4.79 Å². The maximum Gasteiger partial charge on any atom is 0.329 e. The smallest absolute Gasteiger partial charge is 0.329 e. The number of esters is 1. The lowest BCUT2D eigenvalue weighted by Gasteiger charge is -2.24. The number of urea groups is 1. The fourth-order valence-corrected chi connectivity index (χ4v) is 2.45. The third kappa shape index (κ3) is 7.10. The number of nitrogens with one attached hydrogen (secondary N) is 1. The van der Waals surface area contributed by atoms with Gasteiger partial charge in [-0.2, -0.15) is 0 Å². The first kappa shape index (κ1) is 19.6. The van der Waals surface area contributed by atoms with Crippen molar-refractivity contribution in [2.24, 2.45) is 0 Å². The molecule has 0 aliphatic rings. The molecule has 0 radical (unpaired) electrons. The second kappa shape index (κ2) is 11.1.